The molecule has 0 bridgehead atoms. The van der Waals surface area contributed by atoms with Gasteiger partial charge in [-0.15, -0.1) is 0 Å². The SMILES string of the molecule is CCCC1CN(CCc2cnn(C)c2)C(C)(C)CN1. The van der Waals surface area contributed by atoms with Crippen molar-refractivity contribution < 1.29 is 0 Å². The predicted octanol–water partition coefficient (Wildman–Crippen LogP) is 1.82. The number of nitrogens with zero attached hydrogens (tertiary/aromatic N) is 3. The monoisotopic (exact) mass is 264 g/mol. The normalized spacial score (nSPS) is 23.7. The zero-order chi connectivity index (χ0) is 13.9. The highest BCUT2D eigenvalue weighted by Gasteiger charge is 2.33. The first-order chi connectivity index (χ1) is 9.01. The van der Waals surface area contributed by atoms with Crippen LogP contribution in [-0.2, 0) is 13.5 Å². The second-order valence-corrected chi connectivity index (χ2v) is 6.40. The molecule has 1 atom stereocenters. The molecule has 1 aromatic rings. The van der Waals surface area contributed by atoms with Crippen LogP contribution in [0.5, 0.6) is 0 Å². The molecule has 0 aliphatic carbocycles. The van der Waals surface area contributed by atoms with Crippen molar-refractivity contribution in [3.05, 3.63) is 18.0 Å². The van der Waals surface area contributed by atoms with Crippen molar-refractivity contribution in [2.24, 2.45) is 7.05 Å². The van der Waals surface area contributed by atoms with Gasteiger partial charge < -0.3 is 5.32 Å². The second kappa shape index (κ2) is 6.06. The molecule has 1 fully saturated rings. The van der Waals surface area contributed by atoms with Crippen molar-refractivity contribution in [3.8, 4) is 0 Å². The molecule has 0 aromatic carbocycles. The topological polar surface area (TPSA) is 33.1 Å². The largest absolute Gasteiger partial charge is 0.311 e. The molecular weight excluding hydrogens is 236 g/mol. The lowest BCUT2D eigenvalue weighted by Crippen LogP contribution is -2.62. The van der Waals surface area contributed by atoms with Crippen LogP contribution in [0.15, 0.2) is 12.4 Å². The summed E-state index contributed by atoms with van der Waals surface area (Å²) >= 11 is 0. The highest BCUT2D eigenvalue weighted by molar-refractivity contribution is 5.05. The van der Waals surface area contributed by atoms with Gasteiger partial charge in [-0.1, -0.05) is 13.3 Å². The first-order valence-corrected chi connectivity index (χ1v) is 7.47. The van der Waals surface area contributed by atoms with Crippen molar-refractivity contribution in [3.63, 3.8) is 0 Å². The standard InChI is InChI=1S/C15H28N4/c1-5-6-14-11-19(15(2,3)12-16-14)8-7-13-9-17-18(4)10-13/h9-10,14,16H,5-8,11-12H2,1-4H3. The summed E-state index contributed by atoms with van der Waals surface area (Å²) < 4.78 is 1.89. The fourth-order valence-electron chi connectivity index (χ4n) is 2.88. The van der Waals surface area contributed by atoms with Crippen LogP contribution in [0.2, 0.25) is 0 Å². The smallest absolute Gasteiger partial charge is 0.0522 e. The molecule has 0 spiro atoms. The van der Waals surface area contributed by atoms with E-state index in [1.807, 2.05) is 17.9 Å². The van der Waals surface area contributed by atoms with Gasteiger partial charge in [0.25, 0.3) is 0 Å². The van der Waals surface area contributed by atoms with Gasteiger partial charge in [-0.05, 0) is 32.3 Å². The first kappa shape index (κ1) is 14.5. The molecule has 0 amide bonds. The van der Waals surface area contributed by atoms with Gasteiger partial charge in [0.05, 0.1) is 6.20 Å². The van der Waals surface area contributed by atoms with Gasteiger partial charge in [0.15, 0.2) is 0 Å². The van der Waals surface area contributed by atoms with Gasteiger partial charge >= 0.3 is 0 Å². The lowest BCUT2D eigenvalue weighted by atomic mass is 9.95. The Morgan fingerprint density at radius 2 is 2.26 bits per heavy atom. The molecule has 1 unspecified atom stereocenters. The number of piperazine rings is 1. The lowest BCUT2D eigenvalue weighted by molar-refractivity contribution is 0.0650. The molecule has 108 valence electrons. The molecular formula is C15H28N4. The van der Waals surface area contributed by atoms with Crippen LogP contribution >= 0.6 is 0 Å². The van der Waals surface area contributed by atoms with Crippen molar-refractivity contribution in [2.45, 2.75) is 51.6 Å². The van der Waals surface area contributed by atoms with Gasteiger partial charge in [0.1, 0.15) is 0 Å². The highest BCUT2D eigenvalue weighted by atomic mass is 15.3. The summed E-state index contributed by atoms with van der Waals surface area (Å²) in [6, 6.07) is 0.659. The predicted molar refractivity (Wildman–Crippen MR) is 79.3 cm³/mol. The summed E-state index contributed by atoms with van der Waals surface area (Å²) in [5.41, 5.74) is 1.59. The number of rotatable bonds is 5. The van der Waals surface area contributed by atoms with Crippen molar-refractivity contribution in [1.29, 1.82) is 0 Å². The minimum atomic E-state index is 0.256. The number of nitrogens with one attached hydrogen (secondary N) is 1. The van der Waals surface area contributed by atoms with E-state index in [1.165, 1.54) is 24.9 Å². The summed E-state index contributed by atoms with van der Waals surface area (Å²) in [5, 5.41) is 7.93. The van der Waals surface area contributed by atoms with Crippen LogP contribution in [0.3, 0.4) is 0 Å². The highest BCUT2D eigenvalue weighted by Crippen LogP contribution is 2.20. The third-order valence-electron chi connectivity index (χ3n) is 4.19. The first-order valence-electron chi connectivity index (χ1n) is 7.47. The molecule has 4 nitrogen and oxygen atoms in total. The Hall–Kier alpha value is -0.870. The van der Waals surface area contributed by atoms with Crippen LogP contribution in [0.1, 0.15) is 39.2 Å². The van der Waals surface area contributed by atoms with Gasteiger partial charge in [-0.2, -0.15) is 5.10 Å². The molecule has 1 saturated heterocycles. The zero-order valence-electron chi connectivity index (χ0n) is 12.8. The Labute approximate surface area is 117 Å². The molecule has 0 radical (unpaired) electrons. The average Bonchev–Trinajstić information content (AvgIpc) is 2.76. The Morgan fingerprint density at radius 1 is 1.47 bits per heavy atom. The quantitative estimate of drug-likeness (QED) is 0.880. The van der Waals surface area contributed by atoms with E-state index >= 15 is 0 Å². The number of aryl methyl sites for hydroxylation is 1. The van der Waals surface area contributed by atoms with E-state index in [0.717, 1.165) is 19.5 Å². The summed E-state index contributed by atoms with van der Waals surface area (Å²) in [4.78, 5) is 2.64. The molecule has 2 rings (SSSR count). The maximum Gasteiger partial charge on any atom is 0.0522 e. The maximum absolute atomic E-state index is 4.25. The van der Waals surface area contributed by atoms with Crippen molar-refractivity contribution >= 4 is 0 Å². The molecule has 1 aromatic heterocycles. The van der Waals surface area contributed by atoms with E-state index in [2.05, 4.69) is 42.3 Å². The number of hydrogen-bond donors (Lipinski definition) is 1. The van der Waals surface area contributed by atoms with Crippen LogP contribution in [0, 0.1) is 0 Å². The lowest BCUT2D eigenvalue weighted by Gasteiger charge is -2.46. The molecule has 1 N–H and O–H groups in total. The van der Waals surface area contributed by atoms with E-state index in [1.54, 1.807) is 0 Å². The van der Waals surface area contributed by atoms with E-state index in [0.29, 0.717) is 6.04 Å². The van der Waals surface area contributed by atoms with Gasteiger partial charge in [0.2, 0.25) is 0 Å². The third kappa shape index (κ3) is 3.80. The van der Waals surface area contributed by atoms with Crippen molar-refractivity contribution in [2.75, 3.05) is 19.6 Å². The van der Waals surface area contributed by atoms with E-state index in [4.69, 9.17) is 0 Å². The Morgan fingerprint density at radius 3 is 2.89 bits per heavy atom. The molecule has 19 heavy (non-hydrogen) atoms. The second-order valence-electron chi connectivity index (χ2n) is 6.40. The average molecular weight is 264 g/mol. The number of aromatic nitrogens is 2. The summed E-state index contributed by atoms with van der Waals surface area (Å²) in [6.07, 6.45) is 7.74. The van der Waals surface area contributed by atoms with Crippen LogP contribution in [0.25, 0.3) is 0 Å². The molecule has 1 aliphatic rings. The van der Waals surface area contributed by atoms with Gasteiger partial charge in [-0.3, -0.25) is 9.58 Å². The number of hydrogen-bond acceptors (Lipinski definition) is 3. The van der Waals surface area contributed by atoms with Crippen molar-refractivity contribution in [1.82, 2.24) is 20.0 Å². The van der Waals surface area contributed by atoms with E-state index in [-0.39, 0.29) is 5.54 Å². The minimum Gasteiger partial charge on any atom is -0.311 e. The molecule has 4 heteroatoms. The Bertz CT molecular complexity index is 397. The molecule has 0 saturated carbocycles. The van der Waals surface area contributed by atoms with Crippen LogP contribution in [0.4, 0.5) is 0 Å². The van der Waals surface area contributed by atoms with Crippen LogP contribution < -0.4 is 5.32 Å². The summed E-state index contributed by atoms with van der Waals surface area (Å²) in [5.74, 6) is 0. The summed E-state index contributed by atoms with van der Waals surface area (Å²) in [6.45, 7) is 10.3. The fraction of sp³-hybridized carbons (Fsp3) is 0.800. The van der Waals surface area contributed by atoms with Gasteiger partial charge in [-0.25, -0.2) is 0 Å². The summed E-state index contributed by atoms with van der Waals surface area (Å²) in [7, 11) is 1.98. The third-order valence-corrected chi connectivity index (χ3v) is 4.19. The zero-order valence-corrected chi connectivity index (χ0v) is 12.8. The fourth-order valence-corrected chi connectivity index (χ4v) is 2.88. The van der Waals surface area contributed by atoms with Gasteiger partial charge in [0, 0.05) is 44.5 Å². The maximum atomic E-state index is 4.25. The molecule has 1 aliphatic heterocycles. The van der Waals surface area contributed by atoms with Crippen LogP contribution in [-0.4, -0.2) is 45.9 Å². The van der Waals surface area contributed by atoms with E-state index in [9.17, 15) is 0 Å². The minimum absolute atomic E-state index is 0.256. The Kier molecular flexibility index (Phi) is 4.63. The Balaban J connectivity index is 1.91. The van der Waals surface area contributed by atoms with E-state index < -0.39 is 0 Å². The molecule has 2 heterocycles.